The third-order valence-corrected chi connectivity index (χ3v) is 5.06. The highest BCUT2D eigenvalue weighted by Crippen LogP contribution is 2.34. The number of hydrogen-bond acceptors (Lipinski definition) is 4. The van der Waals surface area contributed by atoms with Crippen LogP contribution in [0.15, 0.2) is 36.5 Å². The van der Waals surface area contributed by atoms with Gasteiger partial charge in [0, 0.05) is 31.9 Å². The van der Waals surface area contributed by atoms with Crippen LogP contribution in [0.3, 0.4) is 0 Å². The van der Waals surface area contributed by atoms with Crippen LogP contribution >= 0.6 is 11.6 Å². The number of ether oxygens (including phenoxy) is 1. The predicted molar refractivity (Wildman–Crippen MR) is 104 cm³/mol. The lowest BCUT2D eigenvalue weighted by molar-refractivity contribution is -0.137. The number of aromatic nitrogens is 1. The average molecular weight is 414 g/mol. The first-order valence-electron chi connectivity index (χ1n) is 9.29. The molecule has 3 rings (SSSR count). The Morgan fingerprint density at radius 3 is 2.68 bits per heavy atom. The van der Waals surface area contributed by atoms with Crippen molar-refractivity contribution in [2.45, 2.75) is 38.5 Å². The minimum absolute atomic E-state index is 0.0311. The number of piperidine rings is 1. The quantitative estimate of drug-likeness (QED) is 0.703. The SMILES string of the molecule is CCOc1cc(CN2CCC(Nc3ncccc3C(F)(F)F)CC2)ccc1Cl. The maximum absolute atomic E-state index is 13.1. The van der Waals surface area contributed by atoms with Crippen LogP contribution in [0.1, 0.15) is 30.9 Å². The monoisotopic (exact) mass is 413 g/mol. The van der Waals surface area contributed by atoms with Gasteiger partial charge in [0.2, 0.25) is 0 Å². The topological polar surface area (TPSA) is 37.4 Å². The van der Waals surface area contributed by atoms with E-state index in [1.54, 1.807) is 0 Å². The van der Waals surface area contributed by atoms with Crippen LogP contribution in [0.4, 0.5) is 19.0 Å². The second kappa shape index (κ2) is 9.01. The summed E-state index contributed by atoms with van der Waals surface area (Å²) in [4.78, 5) is 6.17. The molecule has 1 N–H and O–H groups in total. The van der Waals surface area contributed by atoms with Crippen molar-refractivity contribution in [1.29, 1.82) is 0 Å². The third kappa shape index (κ3) is 5.29. The number of alkyl halides is 3. The lowest BCUT2D eigenvalue weighted by Gasteiger charge is -2.33. The molecule has 1 aliphatic heterocycles. The fraction of sp³-hybridized carbons (Fsp3) is 0.450. The van der Waals surface area contributed by atoms with Crippen LogP contribution in [-0.4, -0.2) is 35.6 Å². The van der Waals surface area contributed by atoms with Crippen LogP contribution in [0.2, 0.25) is 5.02 Å². The maximum Gasteiger partial charge on any atom is 0.419 e. The molecule has 0 aliphatic carbocycles. The molecule has 0 saturated carbocycles. The molecule has 1 saturated heterocycles. The Bertz CT molecular complexity index is 793. The summed E-state index contributed by atoms with van der Waals surface area (Å²) < 4.78 is 44.9. The van der Waals surface area contributed by atoms with E-state index < -0.39 is 11.7 Å². The molecule has 2 heterocycles. The molecule has 2 aromatic rings. The molecule has 4 nitrogen and oxygen atoms in total. The first-order valence-corrected chi connectivity index (χ1v) is 9.67. The van der Waals surface area contributed by atoms with Crippen LogP contribution in [0.25, 0.3) is 0 Å². The van der Waals surface area contributed by atoms with E-state index in [9.17, 15) is 13.2 Å². The lowest BCUT2D eigenvalue weighted by atomic mass is 10.0. The number of nitrogens with one attached hydrogen (secondary N) is 1. The lowest BCUT2D eigenvalue weighted by Crippen LogP contribution is -2.39. The molecule has 0 spiro atoms. The van der Waals surface area contributed by atoms with Crippen molar-refractivity contribution in [2.75, 3.05) is 25.0 Å². The van der Waals surface area contributed by atoms with Crippen molar-refractivity contribution < 1.29 is 17.9 Å². The number of halogens is 4. The molecule has 0 bridgehead atoms. The second-order valence-corrected chi connectivity index (χ2v) is 7.20. The molecular weight excluding hydrogens is 391 g/mol. The van der Waals surface area contributed by atoms with Crippen molar-refractivity contribution in [1.82, 2.24) is 9.88 Å². The van der Waals surface area contributed by atoms with E-state index in [1.807, 2.05) is 25.1 Å². The zero-order valence-electron chi connectivity index (χ0n) is 15.6. The maximum atomic E-state index is 13.1. The highest BCUT2D eigenvalue weighted by molar-refractivity contribution is 6.32. The molecule has 8 heteroatoms. The Morgan fingerprint density at radius 1 is 1.25 bits per heavy atom. The molecule has 152 valence electrons. The molecule has 1 aromatic heterocycles. The van der Waals surface area contributed by atoms with Crippen LogP contribution < -0.4 is 10.1 Å². The normalized spacial score (nSPS) is 16.2. The zero-order valence-corrected chi connectivity index (χ0v) is 16.4. The van der Waals surface area contributed by atoms with Gasteiger partial charge in [-0.1, -0.05) is 17.7 Å². The summed E-state index contributed by atoms with van der Waals surface area (Å²) in [6.45, 7) is 4.79. The standard InChI is InChI=1S/C20H23ClF3N3O/c1-2-28-18-12-14(5-6-17(18)21)13-27-10-7-15(8-11-27)26-19-16(20(22,23)24)4-3-9-25-19/h3-6,9,12,15H,2,7-8,10-11,13H2,1H3,(H,25,26). The van der Waals surface area contributed by atoms with Crippen LogP contribution in [0, 0.1) is 0 Å². The van der Waals surface area contributed by atoms with Gasteiger partial charge in [0.1, 0.15) is 11.6 Å². The fourth-order valence-corrected chi connectivity index (χ4v) is 3.52. The van der Waals surface area contributed by atoms with Crippen molar-refractivity contribution >= 4 is 17.4 Å². The highest BCUT2D eigenvalue weighted by atomic mass is 35.5. The van der Waals surface area contributed by atoms with Gasteiger partial charge in [-0.3, -0.25) is 4.90 Å². The van der Waals surface area contributed by atoms with Gasteiger partial charge in [0.25, 0.3) is 0 Å². The largest absolute Gasteiger partial charge is 0.492 e. The molecule has 0 unspecified atom stereocenters. The van der Waals surface area contributed by atoms with Gasteiger partial charge in [-0.25, -0.2) is 4.98 Å². The van der Waals surface area contributed by atoms with Gasteiger partial charge in [0.05, 0.1) is 17.2 Å². The van der Waals surface area contributed by atoms with Gasteiger partial charge in [0.15, 0.2) is 0 Å². The van der Waals surface area contributed by atoms with Gasteiger partial charge in [-0.2, -0.15) is 13.2 Å². The van der Waals surface area contributed by atoms with Crippen molar-refractivity contribution in [3.05, 3.63) is 52.7 Å². The number of pyridine rings is 1. The van der Waals surface area contributed by atoms with Crippen molar-refractivity contribution in [3.63, 3.8) is 0 Å². The van der Waals surface area contributed by atoms with E-state index in [1.165, 1.54) is 12.3 Å². The van der Waals surface area contributed by atoms with E-state index in [-0.39, 0.29) is 11.9 Å². The summed E-state index contributed by atoms with van der Waals surface area (Å²) in [5.41, 5.74) is 0.380. The third-order valence-electron chi connectivity index (χ3n) is 4.74. The Balaban J connectivity index is 1.56. The Hall–Kier alpha value is -1.99. The van der Waals surface area contributed by atoms with Gasteiger partial charge < -0.3 is 10.1 Å². The number of hydrogen-bond donors (Lipinski definition) is 1. The van der Waals surface area contributed by atoms with Gasteiger partial charge in [-0.05, 0) is 49.6 Å². The first kappa shape index (κ1) is 20.7. The smallest absolute Gasteiger partial charge is 0.419 e. The molecule has 0 radical (unpaired) electrons. The van der Waals surface area contributed by atoms with Gasteiger partial charge >= 0.3 is 6.18 Å². The Labute approximate surface area is 167 Å². The summed E-state index contributed by atoms with van der Waals surface area (Å²) >= 11 is 6.13. The Kier molecular flexibility index (Phi) is 6.67. The van der Waals surface area contributed by atoms with Crippen molar-refractivity contribution in [2.24, 2.45) is 0 Å². The van der Waals surface area contributed by atoms with E-state index in [0.717, 1.165) is 44.1 Å². The van der Waals surface area contributed by atoms with E-state index in [0.29, 0.717) is 17.4 Å². The summed E-state index contributed by atoms with van der Waals surface area (Å²) in [6, 6.07) is 8.07. The van der Waals surface area contributed by atoms with E-state index in [4.69, 9.17) is 16.3 Å². The second-order valence-electron chi connectivity index (χ2n) is 6.79. The van der Waals surface area contributed by atoms with Crippen LogP contribution in [0.5, 0.6) is 5.75 Å². The van der Waals surface area contributed by atoms with Crippen molar-refractivity contribution in [3.8, 4) is 5.75 Å². The summed E-state index contributed by atoms with van der Waals surface area (Å²) in [5.74, 6) is 0.584. The summed E-state index contributed by atoms with van der Waals surface area (Å²) in [7, 11) is 0. The Morgan fingerprint density at radius 2 is 2.00 bits per heavy atom. The van der Waals surface area contributed by atoms with E-state index >= 15 is 0 Å². The number of nitrogens with zero attached hydrogens (tertiary/aromatic N) is 2. The number of anilines is 1. The molecule has 0 amide bonds. The first-order chi connectivity index (χ1) is 13.4. The summed E-state index contributed by atoms with van der Waals surface area (Å²) in [5, 5.41) is 3.57. The number of rotatable bonds is 6. The molecule has 1 fully saturated rings. The molecular formula is C20H23ClF3N3O. The minimum atomic E-state index is -4.41. The average Bonchev–Trinajstić information content (AvgIpc) is 2.66. The molecule has 28 heavy (non-hydrogen) atoms. The fourth-order valence-electron chi connectivity index (χ4n) is 3.35. The zero-order chi connectivity index (χ0) is 20.1. The van der Waals surface area contributed by atoms with E-state index in [2.05, 4.69) is 15.2 Å². The molecule has 1 aromatic carbocycles. The number of likely N-dealkylation sites (tertiary alicyclic amines) is 1. The molecule has 1 aliphatic rings. The molecule has 0 atom stereocenters. The highest BCUT2D eigenvalue weighted by Gasteiger charge is 2.34. The minimum Gasteiger partial charge on any atom is -0.492 e. The number of benzene rings is 1. The van der Waals surface area contributed by atoms with Gasteiger partial charge in [-0.15, -0.1) is 0 Å². The summed E-state index contributed by atoms with van der Waals surface area (Å²) in [6.07, 6.45) is -1.53. The van der Waals surface area contributed by atoms with Crippen LogP contribution in [-0.2, 0) is 12.7 Å². The predicted octanol–water partition coefficient (Wildman–Crippen LogP) is 5.23.